The average Bonchev–Trinajstić information content (AvgIpc) is 3.26. The Hall–Kier alpha value is -0.990. The molecular formula is C16H25N3O3S2. The summed E-state index contributed by atoms with van der Waals surface area (Å²) in [5, 5.41) is 1.47. The molecule has 0 aromatic carbocycles. The molecule has 1 N–H and O–H groups in total. The molecule has 24 heavy (non-hydrogen) atoms. The third-order valence-corrected chi connectivity index (χ3v) is 7.49. The molecule has 6 nitrogen and oxygen atoms in total. The molecule has 1 aromatic heterocycles. The second-order valence-electron chi connectivity index (χ2n) is 6.73. The zero-order valence-electron chi connectivity index (χ0n) is 13.8. The van der Waals surface area contributed by atoms with E-state index in [1.54, 1.807) is 10.4 Å². The first-order valence-corrected chi connectivity index (χ1v) is 11.2. The number of aromatic nitrogens is 1. The summed E-state index contributed by atoms with van der Waals surface area (Å²) < 4.78 is 28.1. The molecular weight excluding hydrogens is 346 g/mol. The number of piperidine rings is 1. The van der Waals surface area contributed by atoms with E-state index in [1.807, 2.05) is 5.38 Å². The second kappa shape index (κ2) is 7.93. The summed E-state index contributed by atoms with van der Waals surface area (Å²) in [7, 11) is -3.35. The molecule has 1 saturated heterocycles. The first-order valence-electron chi connectivity index (χ1n) is 8.70. The zero-order valence-corrected chi connectivity index (χ0v) is 15.4. The maximum Gasteiger partial charge on any atom is 0.222 e. The monoisotopic (exact) mass is 371 g/mol. The number of hydrogen-bond acceptors (Lipinski definition) is 5. The van der Waals surface area contributed by atoms with Crippen molar-refractivity contribution >= 4 is 27.3 Å². The SMILES string of the molecule is O=C(CCc1cscn1)N1CCC[C@@H](S(=O)(=O)NC2CCCC2)C1. The highest BCUT2D eigenvalue weighted by molar-refractivity contribution is 7.90. The lowest BCUT2D eigenvalue weighted by atomic mass is 10.1. The summed E-state index contributed by atoms with van der Waals surface area (Å²) in [6.45, 7) is 0.975. The summed E-state index contributed by atoms with van der Waals surface area (Å²) in [5.74, 6) is 0.0313. The molecule has 0 unspecified atom stereocenters. The van der Waals surface area contributed by atoms with E-state index in [4.69, 9.17) is 0 Å². The largest absolute Gasteiger partial charge is 0.341 e. The van der Waals surface area contributed by atoms with Crippen molar-refractivity contribution in [3.63, 3.8) is 0 Å². The van der Waals surface area contributed by atoms with Crippen LogP contribution in [0, 0.1) is 0 Å². The van der Waals surface area contributed by atoms with Gasteiger partial charge < -0.3 is 4.90 Å². The summed E-state index contributed by atoms with van der Waals surface area (Å²) >= 11 is 1.52. The minimum absolute atomic E-state index is 0.0313. The van der Waals surface area contributed by atoms with Gasteiger partial charge in [0.15, 0.2) is 0 Å². The maximum absolute atomic E-state index is 12.6. The van der Waals surface area contributed by atoms with E-state index in [-0.39, 0.29) is 11.9 Å². The van der Waals surface area contributed by atoms with Crippen LogP contribution >= 0.6 is 11.3 Å². The van der Waals surface area contributed by atoms with Crippen LogP contribution in [0.1, 0.15) is 50.6 Å². The lowest BCUT2D eigenvalue weighted by Crippen LogP contribution is -2.50. The van der Waals surface area contributed by atoms with Crippen LogP contribution in [0.5, 0.6) is 0 Å². The van der Waals surface area contributed by atoms with Gasteiger partial charge in [-0.15, -0.1) is 11.3 Å². The number of rotatable bonds is 6. The van der Waals surface area contributed by atoms with Gasteiger partial charge in [-0.05, 0) is 32.1 Å². The number of carbonyl (C=O) groups excluding carboxylic acids is 1. The predicted octanol–water partition coefficient (Wildman–Crippen LogP) is 1.93. The van der Waals surface area contributed by atoms with E-state index < -0.39 is 15.3 Å². The van der Waals surface area contributed by atoms with Crippen molar-refractivity contribution < 1.29 is 13.2 Å². The van der Waals surface area contributed by atoms with E-state index in [1.165, 1.54) is 11.3 Å². The molecule has 3 rings (SSSR count). The first-order chi connectivity index (χ1) is 11.5. The van der Waals surface area contributed by atoms with E-state index in [9.17, 15) is 13.2 Å². The van der Waals surface area contributed by atoms with Gasteiger partial charge in [0.2, 0.25) is 15.9 Å². The van der Waals surface area contributed by atoms with Crippen LogP contribution in [-0.4, -0.2) is 48.6 Å². The Bertz CT molecular complexity index is 640. The fraction of sp³-hybridized carbons (Fsp3) is 0.750. The maximum atomic E-state index is 12.6. The van der Waals surface area contributed by atoms with Crippen LogP contribution in [-0.2, 0) is 21.2 Å². The summed E-state index contributed by atoms with van der Waals surface area (Å²) in [5.41, 5.74) is 2.69. The Balaban J connectivity index is 1.53. The standard InChI is InChI=1S/C16H25N3O3S2/c20-16(8-7-14-11-23-12-17-14)19-9-3-6-15(10-19)24(21,22)18-13-4-1-2-5-13/h11-13,15,18H,1-10H2/t15-/m1/s1. The third kappa shape index (κ3) is 4.55. The Kier molecular flexibility index (Phi) is 5.89. The normalized spacial score (nSPS) is 22.8. The number of hydrogen-bond donors (Lipinski definition) is 1. The van der Waals surface area contributed by atoms with E-state index in [2.05, 4.69) is 9.71 Å². The van der Waals surface area contributed by atoms with E-state index in [0.717, 1.165) is 37.8 Å². The van der Waals surface area contributed by atoms with Gasteiger partial charge in [-0.1, -0.05) is 12.8 Å². The number of nitrogens with zero attached hydrogens (tertiary/aromatic N) is 2. The molecule has 0 bridgehead atoms. The van der Waals surface area contributed by atoms with Gasteiger partial charge in [-0.3, -0.25) is 4.79 Å². The van der Waals surface area contributed by atoms with Crippen molar-refractivity contribution in [3.8, 4) is 0 Å². The smallest absolute Gasteiger partial charge is 0.222 e. The van der Waals surface area contributed by atoms with Crippen LogP contribution in [0.15, 0.2) is 10.9 Å². The van der Waals surface area contributed by atoms with Crippen LogP contribution < -0.4 is 4.72 Å². The lowest BCUT2D eigenvalue weighted by Gasteiger charge is -2.33. The topological polar surface area (TPSA) is 79.4 Å². The van der Waals surface area contributed by atoms with Crippen molar-refractivity contribution in [1.29, 1.82) is 0 Å². The van der Waals surface area contributed by atoms with Gasteiger partial charge in [0.25, 0.3) is 0 Å². The first kappa shape index (κ1) is 17.8. The molecule has 2 heterocycles. The Morgan fingerprint density at radius 3 is 2.79 bits per heavy atom. The van der Waals surface area contributed by atoms with Crippen molar-refractivity contribution in [2.45, 2.75) is 62.7 Å². The summed E-state index contributed by atoms with van der Waals surface area (Å²) in [4.78, 5) is 18.3. The molecule has 8 heteroatoms. The fourth-order valence-corrected chi connectivity index (χ4v) is 5.88. The van der Waals surface area contributed by atoms with Crippen molar-refractivity contribution in [2.24, 2.45) is 0 Å². The highest BCUT2D eigenvalue weighted by atomic mass is 32.2. The predicted molar refractivity (Wildman–Crippen MR) is 94.3 cm³/mol. The van der Waals surface area contributed by atoms with Gasteiger partial charge in [0.05, 0.1) is 16.5 Å². The molecule has 1 atom stereocenters. The highest BCUT2D eigenvalue weighted by Gasteiger charge is 2.34. The molecule has 2 fully saturated rings. The minimum atomic E-state index is -3.35. The third-order valence-electron chi connectivity index (χ3n) is 4.93. The molecule has 1 aliphatic heterocycles. The van der Waals surface area contributed by atoms with Gasteiger partial charge in [-0.2, -0.15) is 0 Å². The molecule has 1 saturated carbocycles. The summed E-state index contributed by atoms with van der Waals surface area (Å²) in [6, 6.07) is 0.0887. The van der Waals surface area contributed by atoms with Crippen molar-refractivity contribution in [3.05, 3.63) is 16.6 Å². The number of thiazole rings is 1. The lowest BCUT2D eigenvalue weighted by molar-refractivity contribution is -0.131. The van der Waals surface area contributed by atoms with Crippen LogP contribution in [0.4, 0.5) is 0 Å². The van der Waals surface area contributed by atoms with Gasteiger partial charge in [0.1, 0.15) is 0 Å². The Morgan fingerprint density at radius 2 is 2.08 bits per heavy atom. The highest BCUT2D eigenvalue weighted by Crippen LogP contribution is 2.22. The number of amides is 1. The number of carbonyl (C=O) groups is 1. The van der Waals surface area contributed by atoms with Crippen molar-refractivity contribution in [1.82, 2.24) is 14.6 Å². The molecule has 2 aliphatic rings. The van der Waals surface area contributed by atoms with Crippen LogP contribution in [0.25, 0.3) is 0 Å². The van der Waals surface area contributed by atoms with Crippen LogP contribution in [0.2, 0.25) is 0 Å². The number of likely N-dealkylation sites (tertiary alicyclic amines) is 1. The number of aryl methyl sites for hydroxylation is 1. The van der Waals surface area contributed by atoms with Gasteiger partial charge in [-0.25, -0.2) is 18.1 Å². The van der Waals surface area contributed by atoms with Gasteiger partial charge in [0, 0.05) is 30.9 Å². The minimum Gasteiger partial charge on any atom is -0.341 e. The molecule has 134 valence electrons. The van der Waals surface area contributed by atoms with Crippen molar-refractivity contribution in [2.75, 3.05) is 13.1 Å². The fourth-order valence-electron chi connectivity index (χ4n) is 3.54. The molecule has 1 amide bonds. The Morgan fingerprint density at radius 1 is 1.29 bits per heavy atom. The van der Waals surface area contributed by atoms with Crippen LogP contribution in [0.3, 0.4) is 0 Å². The number of nitrogens with one attached hydrogen (secondary N) is 1. The molecule has 0 spiro atoms. The average molecular weight is 372 g/mol. The second-order valence-corrected chi connectivity index (χ2v) is 9.44. The van der Waals surface area contributed by atoms with Gasteiger partial charge >= 0.3 is 0 Å². The quantitative estimate of drug-likeness (QED) is 0.829. The molecule has 1 aromatic rings. The molecule has 0 radical (unpaired) electrons. The van der Waals surface area contributed by atoms with E-state index in [0.29, 0.717) is 32.4 Å². The molecule has 1 aliphatic carbocycles. The van der Waals surface area contributed by atoms with E-state index >= 15 is 0 Å². The Labute approximate surface area is 147 Å². The summed E-state index contributed by atoms with van der Waals surface area (Å²) in [6.07, 6.45) is 6.46. The number of sulfonamides is 1. The zero-order chi connectivity index (χ0) is 17.0.